The van der Waals surface area contributed by atoms with Crippen LogP contribution in [0.3, 0.4) is 0 Å². The third kappa shape index (κ3) is 3.37. The number of likely N-dealkylation sites (tertiary alicyclic amines) is 1. The Hall–Kier alpha value is -2.25. The van der Waals surface area contributed by atoms with E-state index in [0.29, 0.717) is 35.5 Å². The van der Waals surface area contributed by atoms with Gasteiger partial charge in [0.1, 0.15) is 4.88 Å². The van der Waals surface area contributed by atoms with E-state index in [0.717, 1.165) is 23.4 Å². The number of benzene rings is 1. The lowest BCUT2D eigenvalue weighted by Gasteiger charge is -2.30. The first-order valence-corrected chi connectivity index (χ1v) is 9.66. The Morgan fingerprint density at radius 2 is 2.12 bits per heavy atom. The van der Waals surface area contributed by atoms with E-state index in [2.05, 4.69) is 15.2 Å². The number of piperidine rings is 1. The lowest BCUT2D eigenvalue weighted by atomic mass is 9.96. The fourth-order valence-electron chi connectivity index (χ4n) is 3.13. The van der Waals surface area contributed by atoms with Crippen LogP contribution in [-0.2, 0) is 0 Å². The fraction of sp³-hybridized carbons (Fsp3) is 0.333. The molecule has 0 aliphatic carbocycles. The van der Waals surface area contributed by atoms with Crippen LogP contribution in [0.15, 0.2) is 34.2 Å². The third-order valence-corrected chi connectivity index (χ3v) is 5.74. The molecule has 0 spiro atoms. The minimum Gasteiger partial charge on any atom is -0.420 e. The van der Waals surface area contributed by atoms with Crippen molar-refractivity contribution in [1.29, 1.82) is 0 Å². The number of hydrogen-bond donors (Lipinski definition) is 0. The number of amides is 1. The lowest BCUT2D eigenvalue weighted by Crippen LogP contribution is -2.38. The predicted molar refractivity (Wildman–Crippen MR) is 99.5 cm³/mol. The normalized spacial score (nSPS) is 15.4. The van der Waals surface area contributed by atoms with Gasteiger partial charge in [-0.1, -0.05) is 17.7 Å². The maximum atomic E-state index is 12.6. The highest BCUT2D eigenvalue weighted by Crippen LogP contribution is 2.32. The molecule has 0 radical (unpaired) electrons. The molecule has 2 aromatic heterocycles. The summed E-state index contributed by atoms with van der Waals surface area (Å²) in [5.74, 6) is 1.35. The van der Waals surface area contributed by atoms with Gasteiger partial charge in [-0.05, 0) is 38.0 Å². The number of nitrogens with zero attached hydrogens (tertiary/aromatic N) is 4. The first-order valence-electron chi connectivity index (χ1n) is 8.40. The zero-order chi connectivity index (χ0) is 18.1. The summed E-state index contributed by atoms with van der Waals surface area (Å²) in [6.07, 6.45) is 1.60. The Labute approximate surface area is 159 Å². The summed E-state index contributed by atoms with van der Waals surface area (Å²) >= 11 is 7.48. The van der Waals surface area contributed by atoms with Crippen molar-refractivity contribution in [3.63, 3.8) is 0 Å². The Kier molecular flexibility index (Phi) is 4.74. The van der Waals surface area contributed by atoms with Crippen LogP contribution in [0.4, 0.5) is 0 Å². The molecule has 0 bridgehead atoms. The van der Waals surface area contributed by atoms with Gasteiger partial charge in [0.15, 0.2) is 0 Å². The molecule has 0 unspecified atom stereocenters. The van der Waals surface area contributed by atoms with Crippen molar-refractivity contribution in [3.8, 4) is 10.8 Å². The topological polar surface area (TPSA) is 72.1 Å². The molecule has 0 saturated carbocycles. The zero-order valence-corrected chi connectivity index (χ0v) is 15.8. The van der Waals surface area contributed by atoms with Gasteiger partial charge in [0.05, 0.1) is 11.2 Å². The number of carbonyl (C=O) groups is 1. The number of thiazole rings is 1. The van der Waals surface area contributed by atoms with Crippen LogP contribution in [0.2, 0.25) is 5.02 Å². The monoisotopic (exact) mass is 388 g/mol. The molecule has 8 heteroatoms. The Bertz CT molecular complexity index is 931. The summed E-state index contributed by atoms with van der Waals surface area (Å²) in [4.78, 5) is 19.6. The maximum Gasteiger partial charge on any atom is 0.259 e. The molecule has 1 aromatic carbocycles. The number of carbonyl (C=O) groups excluding carboxylic acids is 1. The Balaban J connectivity index is 1.42. The second-order valence-electron chi connectivity index (χ2n) is 6.29. The van der Waals surface area contributed by atoms with Crippen LogP contribution in [0.1, 0.15) is 40.7 Å². The summed E-state index contributed by atoms with van der Waals surface area (Å²) in [7, 11) is 0. The first kappa shape index (κ1) is 17.2. The molecule has 0 atom stereocenters. The SMILES string of the molecule is Cc1ncsc1-c1nnc(C2CCN(C(=O)c3cccc(Cl)c3)CC2)o1. The number of aromatic nitrogens is 3. The van der Waals surface area contributed by atoms with Crippen molar-refractivity contribution < 1.29 is 9.21 Å². The van der Waals surface area contributed by atoms with Crippen LogP contribution in [0, 0.1) is 6.92 Å². The molecular weight excluding hydrogens is 372 g/mol. The van der Waals surface area contributed by atoms with Gasteiger partial charge >= 0.3 is 0 Å². The van der Waals surface area contributed by atoms with Crippen LogP contribution in [-0.4, -0.2) is 39.1 Å². The highest BCUT2D eigenvalue weighted by Gasteiger charge is 2.28. The summed E-state index contributed by atoms with van der Waals surface area (Å²) in [5, 5.41) is 8.95. The van der Waals surface area contributed by atoms with E-state index in [1.807, 2.05) is 11.8 Å². The molecule has 1 aliphatic heterocycles. The highest BCUT2D eigenvalue weighted by atomic mass is 35.5. The summed E-state index contributed by atoms with van der Waals surface area (Å²) in [6.45, 7) is 3.25. The minimum atomic E-state index is 0.0115. The van der Waals surface area contributed by atoms with Crippen molar-refractivity contribution in [1.82, 2.24) is 20.1 Å². The quantitative estimate of drug-likeness (QED) is 0.673. The summed E-state index contributed by atoms with van der Waals surface area (Å²) in [5.41, 5.74) is 3.29. The standard InChI is InChI=1S/C18H17ClN4O2S/c1-11-15(26-10-20-11)17-22-21-16(25-17)12-5-7-23(8-6-12)18(24)13-3-2-4-14(19)9-13/h2-4,9-10,12H,5-8H2,1H3. The van der Waals surface area contributed by atoms with E-state index in [-0.39, 0.29) is 11.8 Å². The van der Waals surface area contributed by atoms with Crippen molar-refractivity contribution in [2.45, 2.75) is 25.7 Å². The molecule has 6 nitrogen and oxygen atoms in total. The molecule has 0 N–H and O–H groups in total. The number of aryl methyl sites for hydroxylation is 1. The van der Waals surface area contributed by atoms with Gasteiger partial charge in [-0.2, -0.15) is 0 Å². The number of halogens is 1. The van der Waals surface area contributed by atoms with Crippen LogP contribution in [0.25, 0.3) is 10.8 Å². The van der Waals surface area contributed by atoms with E-state index in [1.165, 1.54) is 11.3 Å². The smallest absolute Gasteiger partial charge is 0.259 e. The van der Waals surface area contributed by atoms with E-state index in [4.69, 9.17) is 16.0 Å². The van der Waals surface area contributed by atoms with Crippen molar-refractivity contribution >= 4 is 28.8 Å². The van der Waals surface area contributed by atoms with E-state index < -0.39 is 0 Å². The second-order valence-corrected chi connectivity index (χ2v) is 7.58. The molecular formula is C18H17ClN4O2S. The van der Waals surface area contributed by atoms with Crippen molar-refractivity contribution in [2.24, 2.45) is 0 Å². The molecule has 26 heavy (non-hydrogen) atoms. The molecule has 4 rings (SSSR count). The molecule has 1 saturated heterocycles. The molecule has 1 fully saturated rings. The van der Waals surface area contributed by atoms with Gasteiger partial charge < -0.3 is 9.32 Å². The molecule has 1 aliphatic rings. The van der Waals surface area contributed by atoms with Crippen molar-refractivity contribution in [2.75, 3.05) is 13.1 Å². The van der Waals surface area contributed by atoms with Gasteiger partial charge in [-0.25, -0.2) is 4.98 Å². The molecule has 1 amide bonds. The van der Waals surface area contributed by atoms with Gasteiger partial charge in [0.25, 0.3) is 11.8 Å². The van der Waals surface area contributed by atoms with Gasteiger partial charge in [-0.3, -0.25) is 4.79 Å². The average molecular weight is 389 g/mol. The van der Waals surface area contributed by atoms with E-state index in [1.54, 1.807) is 29.8 Å². The predicted octanol–water partition coefficient (Wildman–Crippen LogP) is 4.17. The molecule has 3 heterocycles. The average Bonchev–Trinajstić information content (AvgIpc) is 3.30. The third-order valence-electron chi connectivity index (χ3n) is 4.58. The van der Waals surface area contributed by atoms with Gasteiger partial charge in [0, 0.05) is 29.6 Å². The van der Waals surface area contributed by atoms with Crippen LogP contribution >= 0.6 is 22.9 Å². The fourth-order valence-corrected chi connectivity index (χ4v) is 4.05. The van der Waals surface area contributed by atoms with Crippen LogP contribution < -0.4 is 0 Å². The Morgan fingerprint density at radius 3 is 2.81 bits per heavy atom. The number of rotatable bonds is 3. The molecule has 134 valence electrons. The Morgan fingerprint density at radius 1 is 1.31 bits per heavy atom. The van der Waals surface area contributed by atoms with Crippen LogP contribution in [0.5, 0.6) is 0 Å². The lowest BCUT2D eigenvalue weighted by molar-refractivity contribution is 0.0706. The van der Waals surface area contributed by atoms with E-state index in [9.17, 15) is 4.79 Å². The zero-order valence-electron chi connectivity index (χ0n) is 14.2. The van der Waals surface area contributed by atoms with Gasteiger partial charge in [0.2, 0.25) is 5.89 Å². The van der Waals surface area contributed by atoms with Crippen molar-refractivity contribution in [3.05, 3.63) is 51.9 Å². The summed E-state index contributed by atoms with van der Waals surface area (Å²) < 4.78 is 5.87. The highest BCUT2D eigenvalue weighted by molar-refractivity contribution is 7.13. The summed E-state index contributed by atoms with van der Waals surface area (Å²) in [6, 6.07) is 7.06. The second kappa shape index (κ2) is 7.17. The van der Waals surface area contributed by atoms with E-state index >= 15 is 0 Å². The number of hydrogen-bond acceptors (Lipinski definition) is 6. The minimum absolute atomic E-state index is 0.0115. The van der Waals surface area contributed by atoms with Gasteiger partial charge in [-0.15, -0.1) is 21.5 Å². The largest absolute Gasteiger partial charge is 0.420 e. The maximum absolute atomic E-state index is 12.6. The first-order chi connectivity index (χ1) is 12.6. The molecule has 3 aromatic rings.